The topological polar surface area (TPSA) is 82.0 Å². The molecule has 33 heavy (non-hydrogen) atoms. The number of benzene rings is 1. The van der Waals surface area contributed by atoms with E-state index in [0.717, 1.165) is 5.69 Å². The summed E-state index contributed by atoms with van der Waals surface area (Å²) >= 11 is 1.95. The fraction of sp³-hybridized carbons (Fsp3) is 0.500. The Kier molecular flexibility index (Phi) is 7.58. The molecular formula is C26H33N3O3S. The van der Waals surface area contributed by atoms with E-state index in [2.05, 4.69) is 29.5 Å². The van der Waals surface area contributed by atoms with E-state index in [1.54, 1.807) is 7.05 Å². The van der Waals surface area contributed by atoms with Crippen LogP contribution in [-0.4, -0.2) is 53.0 Å². The maximum Gasteiger partial charge on any atom is 0.305 e. The molecule has 3 unspecified atom stereocenters. The number of carbonyl (C=O) groups is 2. The van der Waals surface area contributed by atoms with Gasteiger partial charge in [-0.15, -0.1) is 11.8 Å². The summed E-state index contributed by atoms with van der Waals surface area (Å²) in [5.41, 5.74) is 3.03. The van der Waals surface area contributed by atoms with Crippen LogP contribution in [0.5, 0.6) is 0 Å². The van der Waals surface area contributed by atoms with E-state index < -0.39 is 5.97 Å². The van der Waals surface area contributed by atoms with Crippen molar-refractivity contribution in [2.45, 2.75) is 56.7 Å². The molecule has 1 aromatic carbocycles. The van der Waals surface area contributed by atoms with Crippen LogP contribution in [-0.2, 0) is 4.79 Å². The second kappa shape index (κ2) is 10.6. The normalized spacial score (nSPS) is 23.3. The Morgan fingerprint density at radius 3 is 2.61 bits per heavy atom. The highest BCUT2D eigenvalue weighted by atomic mass is 32.2. The van der Waals surface area contributed by atoms with Crippen molar-refractivity contribution in [2.75, 3.05) is 18.9 Å². The zero-order chi connectivity index (χ0) is 23.4. The molecular weight excluding hydrogens is 434 g/mol. The Balaban J connectivity index is 1.50. The predicted octanol–water partition coefficient (Wildman–Crippen LogP) is 5.20. The first kappa shape index (κ1) is 23.6. The summed E-state index contributed by atoms with van der Waals surface area (Å²) in [4.78, 5) is 30.7. The number of carbonyl (C=O) groups excluding carboxylic acids is 1. The highest BCUT2D eigenvalue weighted by Crippen LogP contribution is 2.48. The van der Waals surface area contributed by atoms with Crippen molar-refractivity contribution in [3.63, 3.8) is 0 Å². The number of thioether (sulfide) groups is 1. The van der Waals surface area contributed by atoms with E-state index in [4.69, 9.17) is 5.11 Å². The number of nitrogens with zero attached hydrogens (tertiary/aromatic N) is 2. The summed E-state index contributed by atoms with van der Waals surface area (Å²) in [6, 6.07) is 7.87. The van der Waals surface area contributed by atoms with Crippen LogP contribution < -0.4 is 5.32 Å². The highest BCUT2D eigenvalue weighted by Gasteiger charge is 2.38. The molecule has 0 aromatic heterocycles. The van der Waals surface area contributed by atoms with Crippen molar-refractivity contribution in [3.05, 3.63) is 52.6 Å². The van der Waals surface area contributed by atoms with Crippen LogP contribution in [0, 0.1) is 11.8 Å². The van der Waals surface area contributed by atoms with Gasteiger partial charge in [-0.25, -0.2) is 0 Å². The van der Waals surface area contributed by atoms with Gasteiger partial charge in [0.1, 0.15) is 0 Å². The summed E-state index contributed by atoms with van der Waals surface area (Å²) < 4.78 is 0. The second-order valence-electron chi connectivity index (χ2n) is 9.26. The van der Waals surface area contributed by atoms with Crippen molar-refractivity contribution in [1.29, 1.82) is 0 Å². The van der Waals surface area contributed by atoms with E-state index in [9.17, 15) is 9.59 Å². The zero-order valence-corrected chi connectivity index (χ0v) is 20.2. The first-order valence-electron chi connectivity index (χ1n) is 11.8. The van der Waals surface area contributed by atoms with Gasteiger partial charge in [0.05, 0.1) is 17.7 Å². The lowest BCUT2D eigenvalue weighted by Gasteiger charge is -2.33. The molecule has 3 aliphatic rings. The summed E-state index contributed by atoms with van der Waals surface area (Å²) in [6.07, 6.45) is 12.5. The molecule has 0 spiro atoms. The number of anilines is 1. The van der Waals surface area contributed by atoms with Gasteiger partial charge in [-0.1, -0.05) is 30.9 Å². The van der Waals surface area contributed by atoms with Crippen LogP contribution in [0.25, 0.3) is 0 Å². The number of nitrogens with one attached hydrogen (secondary N) is 1. The minimum Gasteiger partial charge on any atom is -0.481 e. The minimum absolute atomic E-state index is 0.0566. The monoisotopic (exact) mass is 467 g/mol. The van der Waals surface area contributed by atoms with Crippen LogP contribution >= 0.6 is 11.8 Å². The first-order chi connectivity index (χ1) is 15.9. The van der Waals surface area contributed by atoms with Crippen molar-refractivity contribution in [1.82, 2.24) is 4.90 Å². The third kappa shape index (κ3) is 5.52. The molecule has 0 bridgehead atoms. The minimum atomic E-state index is -0.904. The summed E-state index contributed by atoms with van der Waals surface area (Å²) in [6.45, 7) is 2.46. The van der Waals surface area contributed by atoms with Crippen LogP contribution in [0.3, 0.4) is 0 Å². The van der Waals surface area contributed by atoms with Crippen molar-refractivity contribution in [2.24, 2.45) is 16.8 Å². The average molecular weight is 468 g/mol. The Morgan fingerprint density at radius 2 is 1.94 bits per heavy atom. The molecule has 1 amide bonds. The smallest absolute Gasteiger partial charge is 0.305 e. The van der Waals surface area contributed by atoms with Crippen LogP contribution in [0.15, 0.2) is 52.0 Å². The van der Waals surface area contributed by atoms with E-state index in [-0.39, 0.29) is 24.9 Å². The van der Waals surface area contributed by atoms with Gasteiger partial charge < -0.3 is 15.3 Å². The fourth-order valence-electron chi connectivity index (χ4n) is 5.03. The molecule has 6 nitrogen and oxygen atoms in total. The van der Waals surface area contributed by atoms with Crippen molar-refractivity contribution in [3.8, 4) is 0 Å². The van der Waals surface area contributed by atoms with Gasteiger partial charge in [0.2, 0.25) is 0 Å². The third-order valence-corrected chi connectivity index (χ3v) is 8.50. The molecule has 1 saturated carbocycles. The maximum atomic E-state index is 12.6. The molecule has 2 N–H and O–H groups in total. The molecule has 3 atom stereocenters. The number of carboxylic acids is 1. The first-order valence-corrected chi connectivity index (χ1v) is 12.7. The fourth-order valence-corrected chi connectivity index (χ4v) is 6.62. The van der Waals surface area contributed by atoms with E-state index in [0.29, 0.717) is 22.6 Å². The van der Waals surface area contributed by atoms with Gasteiger partial charge in [0, 0.05) is 48.1 Å². The lowest BCUT2D eigenvalue weighted by molar-refractivity contribution is -0.137. The third-order valence-electron chi connectivity index (χ3n) is 6.98. The summed E-state index contributed by atoms with van der Waals surface area (Å²) in [7, 11) is 1.64. The Morgan fingerprint density at radius 1 is 1.21 bits per heavy atom. The highest BCUT2D eigenvalue weighted by molar-refractivity contribution is 8.04. The number of fused-ring (bicyclic) bond motifs is 1. The maximum absolute atomic E-state index is 12.6. The number of aliphatic carboxylic acids is 1. The van der Waals surface area contributed by atoms with Crippen LogP contribution in [0.1, 0.15) is 55.8 Å². The van der Waals surface area contributed by atoms with Crippen molar-refractivity contribution < 1.29 is 14.7 Å². The SMILES string of the molecule is CC1=C(C(Nc2ccc(C(=O)N(C)CCC(=O)O)cc2)C2CCCCC2)SC2C=NC=CC12. The molecule has 4 rings (SSSR count). The van der Waals surface area contributed by atoms with E-state index in [1.165, 1.54) is 47.5 Å². The van der Waals surface area contributed by atoms with Gasteiger partial charge in [0.25, 0.3) is 5.91 Å². The molecule has 2 aliphatic heterocycles. The molecule has 1 aromatic rings. The van der Waals surface area contributed by atoms with Crippen molar-refractivity contribution >= 4 is 35.5 Å². The molecule has 176 valence electrons. The van der Waals surface area contributed by atoms with E-state index >= 15 is 0 Å². The summed E-state index contributed by atoms with van der Waals surface area (Å²) in [5, 5.41) is 13.1. The number of hydrogen-bond acceptors (Lipinski definition) is 5. The molecule has 0 radical (unpaired) electrons. The molecule has 2 heterocycles. The molecule has 0 saturated heterocycles. The van der Waals surface area contributed by atoms with Gasteiger partial charge in [-0.05, 0) is 49.9 Å². The number of amides is 1. The predicted molar refractivity (Wildman–Crippen MR) is 135 cm³/mol. The van der Waals surface area contributed by atoms with E-state index in [1.807, 2.05) is 42.2 Å². The second-order valence-corrected chi connectivity index (χ2v) is 10.5. The lowest BCUT2D eigenvalue weighted by Crippen LogP contribution is -2.32. The zero-order valence-electron chi connectivity index (χ0n) is 19.4. The quantitative estimate of drug-likeness (QED) is 0.549. The number of aliphatic imine (C=N–C) groups is 1. The Labute approximate surface area is 200 Å². The van der Waals surface area contributed by atoms with Crippen LogP contribution in [0.2, 0.25) is 0 Å². The molecule has 7 heteroatoms. The number of carboxylic acid groups (broad SMARTS) is 1. The standard InChI is InChI=1S/C26H33N3O3S/c1-17-21-12-14-27-16-22(21)33-25(17)24(18-6-4-3-5-7-18)28-20-10-8-19(9-11-20)26(32)29(2)15-13-23(30)31/h8-12,14,16,18,21-22,24,28H,3-7,13,15H2,1-2H3,(H,30,31). The van der Waals surface area contributed by atoms with Gasteiger partial charge in [0.15, 0.2) is 0 Å². The molecule has 1 fully saturated rings. The Bertz CT molecular complexity index is 963. The van der Waals surface area contributed by atoms with Gasteiger partial charge in [-0.3, -0.25) is 14.6 Å². The molecule has 1 aliphatic carbocycles. The number of hydrogen-bond donors (Lipinski definition) is 2. The lowest BCUT2D eigenvalue weighted by atomic mass is 9.82. The largest absolute Gasteiger partial charge is 0.481 e. The van der Waals surface area contributed by atoms with Gasteiger partial charge in [-0.2, -0.15) is 0 Å². The Hall–Kier alpha value is -2.54. The van der Waals surface area contributed by atoms with Crippen LogP contribution in [0.4, 0.5) is 5.69 Å². The number of allylic oxidation sites excluding steroid dienone is 2. The number of rotatable bonds is 8. The van der Waals surface area contributed by atoms with Gasteiger partial charge >= 0.3 is 5.97 Å². The average Bonchev–Trinajstić information content (AvgIpc) is 3.17. The summed E-state index contributed by atoms with van der Waals surface area (Å²) in [5.74, 6) is -0.0388.